The Hall–Kier alpha value is -1.59. The van der Waals surface area contributed by atoms with Gasteiger partial charge in [-0.2, -0.15) is 0 Å². The van der Waals surface area contributed by atoms with Gasteiger partial charge in [0, 0.05) is 13.1 Å². The summed E-state index contributed by atoms with van der Waals surface area (Å²) in [6, 6.07) is -0.805. The molecule has 1 unspecified atom stereocenters. The minimum Gasteiger partial charge on any atom is -0.352 e. The van der Waals surface area contributed by atoms with Crippen LogP contribution in [0.1, 0.15) is 19.8 Å². The van der Waals surface area contributed by atoms with E-state index in [1.165, 1.54) is 9.80 Å². The summed E-state index contributed by atoms with van der Waals surface area (Å²) in [4.78, 5) is 37.5. The number of nitrogens with one attached hydrogen (secondary N) is 1. The van der Waals surface area contributed by atoms with E-state index < -0.39 is 6.04 Å². The fraction of sp³-hybridized carbons (Fsp3) is 0.700. The smallest absolute Gasteiger partial charge is 0.327 e. The summed E-state index contributed by atoms with van der Waals surface area (Å²) < 4.78 is 0. The molecule has 0 aromatic heterocycles. The molecule has 4 amide bonds. The Morgan fingerprint density at radius 1 is 1.38 bits per heavy atom. The van der Waals surface area contributed by atoms with E-state index in [0.29, 0.717) is 6.54 Å². The minimum absolute atomic E-state index is 0.00212. The molecule has 88 valence electrons. The van der Waals surface area contributed by atoms with Crippen molar-refractivity contribution in [2.75, 3.05) is 19.6 Å². The first-order valence-electron chi connectivity index (χ1n) is 5.53. The summed E-state index contributed by atoms with van der Waals surface area (Å²) in [7, 11) is 0. The van der Waals surface area contributed by atoms with Crippen LogP contribution in [0.25, 0.3) is 0 Å². The summed E-state index contributed by atoms with van der Waals surface area (Å²) in [5.74, 6) is -0.381. The van der Waals surface area contributed by atoms with Gasteiger partial charge in [-0.05, 0) is 6.42 Å². The zero-order valence-corrected chi connectivity index (χ0v) is 9.23. The van der Waals surface area contributed by atoms with Crippen LogP contribution >= 0.6 is 0 Å². The molecule has 2 rings (SSSR count). The lowest BCUT2D eigenvalue weighted by molar-refractivity contribution is -0.130. The second-order valence-corrected chi connectivity index (χ2v) is 4.07. The summed E-state index contributed by atoms with van der Waals surface area (Å²) in [5.41, 5.74) is 0. The van der Waals surface area contributed by atoms with Crippen molar-refractivity contribution in [2.24, 2.45) is 0 Å². The van der Waals surface area contributed by atoms with E-state index in [-0.39, 0.29) is 30.9 Å². The number of hydrogen-bond acceptors (Lipinski definition) is 3. The molecule has 1 atom stereocenters. The van der Waals surface area contributed by atoms with Crippen LogP contribution in [0.2, 0.25) is 0 Å². The molecule has 2 aliphatic rings. The average Bonchev–Trinajstić information content (AvgIpc) is 2.50. The number of unbranched alkanes of at least 4 members (excludes halogenated alkanes) is 1. The summed E-state index contributed by atoms with van der Waals surface area (Å²) in [6.07, 6.45) is 1.73. The number of carbonyl (C=O) groups excluding carboxylic acids is 3. The Labute approximate surface area is 93.6 Å². The fourth-order valence-electron chi connectivity index (χ4n) is 2.01. The molecule has 0 bridgehead atoms. The molecular weight excluding hydrogens is 210 g/mol. The van der Waals surface area contributed by atoms with Gasteiger partial charge in [0.2, 0.25) is 5.91 Å². The standard InChI is InChI=1S/C10H15N3O3/c1-2-3-4-12-9(15)7-5-11-8(14)6-13(7)10(12)16/h7H,2-6H2,1H3,(H,11,14). The molecule has 6 heteroatoms. The van der Waals surface area contributed by atoms with Crippen molar-refractivity contribution in [3.8, 4) is 0 Å². The van der Waals surface area contributed by atoms with Crippen molar-refractivity contribution < 1.29 is 14.4 Å². The molecule has 0 aromatic carbocycles. The normalized spacial score (nSPS) is 24.8. The van der Waals surface area contributed by atoms with Crippen molar-refractivity contribution in [2.45, 2.75) is 25.8 Å². The molecule has 0 saturated carbocycles. The number of amides is 4. The quantitative estimate of drug-likeness (QED) is 0.661. The summed E-state index contributed by atoms with van der Waals surface area (Å²) >= 11 is 0. The van der Waals surface area contributed by atoms with Gasteiger partial charge in [-0.25, -0.2) is 4.79 Å². The summed E-state index contributed by atoms with van der Waals surface area (Å²) in [6.45, 7) is 2.70. The number of urea groups is 1. The molecule has 6 nitrogen and oxygen atoms in total. The zero-order valence-electron chi connectivity index (χ0n) is 9.23. The number of piperazine rings is 1. The lowest BCUT2D eigenvalue weighted by Crippen LogP contribution is -2.54. The van der Waals surface area contributed by atoms with Crippen LogP contribution in [0, 0.1) is 0 Å². The van der Waals surface area contributed by atoms with Gasteiger partial charge in [0.15, 0.2) is 0 Å². The lowest BCUT2D eigenvalue weighted by Gasteiger charge is -2.26. The highest BCUT2D eigenvalue weighted by Gasteiger charge is 2.47. The number of fused-ring (bicyclic) bond motifs is 1. The summed E-state index contributed by atoms with van der Waals surface area (Å²) in [5, 5.41) is 2.60. The molecule has 2 fully saturated rings. The van der Waals surface area contributed by atoms with Crippen LogP contribution in [0.4, 0.5) is 4.79 Å². The second kappa shape index (κ2) is 4.11. The van der Waals surface area contributed by atoms with Crippen LogP contribution in [-0.4, -0.2) is 53.3 Å². The molecule has 0 spiro atoms. The van der Waals surface area contributed by atoms with Crippen molar-refractivity contribution in [3.05, 3.63) is 0 Å². The molecule has 0 radical (unpaired) electrons. The largest absolute Gasteiger partial charge is 0.352 e. The van der Waals surface area contributed by atoms with E-state index in [9.17, 15) is 14.4 Å². The fourth-order valence-corrected chi connectivity index (χ4v) is 2.01. The maximum Gasteiger partial charge on any atom is 0.327 e. The predicted octanol–water partition coefficient (Wildman–Crippen LogP) is -0.451. The van der Waals surface area contributed by atoms with E-state index >= 15 is 0 Å². The van der Waals surface area contributed by atoms with Crippen molar-refractivity contribution in [3.63, 3.8) is 0 Å². The third kappa shape index (κ3) is 1.64. The molecule has 16 heavy (non-hydrogen) atoms. The lowest BCUT2D eigenvalue weighted by atomic mass is 10.2. The van der Waals surface area contributed by atoms with Gasteiger partial charge in [0.05, 0.1) is 0 Å². The van der Waals surface area contributed by atoms with Crippen LogP contribution in [0.15, 0.2) is 0 Å². The first kappa shape index (κ1) is 10.9. The predicted molar refractivity (Wildman–Crippen MR) is 55.5 cm³/mol. The minimum atomic E-state index is -0.484. The van der Waals surface area contributed by atoms with Gasteiger partial charge >= 0.3 is 6.03 Å². The number of hydrogen-bond donors (Lipinski definition) is 1. The first-order valence-corrected chi connectivity index (χ1v) is 5.53. The highest BCUT2D eigenvalue weighted by molar-refractivity contribution is 6.06. The first-order chi connectivity index (χ1) is 7.65. The molecule has 0 aromatic rings. The average molecular weight is 225 g/mol. The number of imide groups is 1. The van der Waals surface area contributed by atoms with E-state index in [4.69, 9.17) is 0 Å². The number of nitrogens with zero attached hydrogens (tertiary/aromatic N) is 2. The van der Waals surface area contributed by atoms with Crippen molar-refractivity contribution in [1.29, 1.82) is 0 Å². The Morgan fingerprint density at radius 3 is 2.81 bits per heavy atom. The molecule has 2 saturated heterocycles. The van der Waals surface area contributed by atoms with E-state index in [0.717, 1.165) is 12.8 Å². The Balaban J connectivity index is 2.11. The highest BCUT2D eigenvalue weighted by atomic mass is 16.2. The van der Waals surface area contributed by atoms with Crippen molar-refractivity contribution in [1.82, 2.24) is 15.1 Å². The van der Waals surface area contributed by atoms with E-state index in [1.807, 2.05) is 6.92 Å². The third-order valence-electron chi connectivity index (χ3n) is 2.95. The maximum atomic E-state index is 11.9. The molecule has 2 heterocycles. The van der Waals surface area contributed by atoms with Gasteiger partial charge in [-0.1, -0.05) is 13.3 Å². The number of carbonyl (C=O) groups is 3. The van der Waals surface area contributed by atoms with Crippen LogP contribution < -0.4 is 5.32 Å². The highest BCUT2D eigenvalue weighted by Crippen LogP contribution is 2.19. The monoisotopic (exact) mass is 225 g/mol. The topological polar surface area (TPSA) is 69.7 Å². The van der Waals surface area contributed by atoms with Crippen LogP contribution in [-0.2, 0) is 9.59 Å². The SMILES string of the molecule is CCCCN1C(=O)C2CNC(=O)CN2C1=O. The van der Waals surface area contributed by atoms with Crippen LogP contribution in [0.3, 0.4) is 0 Å². The van der Waals surface area contributed by atoms with Gasteiger partial charge in [-0.15, -0.1) is 0 Å². The number of rotatable bonds is 3. The zero-order chi connectivity index (χ0) is 11.7. The van der Waals surface area contributed by atoms with Gasteiger partial charge in [0.1, 0.15) is 12.6 Å². The Bertz CT molecular complexity index is 342. The van der Waals surface area contributed by atoms with E-state index in [1.54, 1.807) is 0 Å². The molecule has 0 aliphatic carbocycles. The third-order valence-corrected chi connectivity index (χ3v) is 2.95. The van der Waals surface area contributed by atoms with Crippen LogP contribution in [0.5, 0.6) is 0 Å². The van der Waals surface area contributed by atoms with Gasteiger partial charge < -0.3 is 10.2 Å². The molecule has 2 aliphatic heterocycles. The second-order valence-electron chi connectivity index (χ2n) is 4.07. The van der Waals surface area contributed by atoms with Crippen molar-refractivity contribution >= 4 is 17.8 Å². The Kier molecular flexibility index (Phi) is 2.80. The van der Waals surface area contributed by atoms with Gasteiger partial charge in [0.25, 0.3) is 5.91 Å². The molecule has 1 N–H and O–H groups in total. The van der Waals surface area contributed by atoms with Gasteiger partial charge in [-0.3, -0.25) is 14.5 Å². The Morgan fingerprint density at radius 2 is 2.12 bits per heavy atom. The molecular formula is C10H15N3O3. The van der Waals surface area contributed by atoms with E-state index in [2.05, 4.69) is 5.32 Å². The maximum absolute atomic E-state index is 11.9.